The Labute approximate surface area is 127 Å². The highest BCUT2D eigenvalue weighted by Gasteiger charge is 2.18. The third-order valence-corrected chi connectivity index (χ3v) is 4.34. The van der Waals surface area contributed by atoms with E-state index in [1.54, 1.807) is 0 Å². The van der Waals surface area contributed by atoms with Crippen LogP contribution in [0.15, 0.2) is 30.5 Å². The topological polar surface area (TPSA) is 40.7 Å². The van der Waals surface area contributed by atoms with E-state index in [0.717, 1.165) is 24.6 Å². The summed E-state index contributed by atoms with van der Waals surface area (Å²) >= 11 is 0. The second-order valence-corrected chi connectivity index (χ2v) is 7.05. The van der Waals surface area contributed by atoms with Crippen molar-refractivity contribution in [1.82, 2.24) is 15.3 Å². The average Bonchev–Trinajstić information content (AvgIpc) is 2.97. The van der Waals surface area contributed by atoms with Crippen molar-refractivity contribution < 1.29 is 0 Å². The van der Waals surface area contributed by atoms with Gasteiger partial charge < -0.3 is 10.3 Å². The van der Waals surface area contributed by atoms with Crippen LogP contribution in [0.5, 0.6) is 0 Å². The minimum absolute atomic E-state index is 0.200. The molecule has 0 spiro atoms. The lowest BCUT2D eigenvalue weighted by atomic mass is 9.86. The van der Waals surface area contributed by atoms with Gasteiger partial charge in [-0.1, -0.05) is 45.0 Å². The average molecular weight is 283 g/mol. The molecule has 21 heavy (non-hydrogen) atoms. The van der Waals surface area contributed by atoms with Gasteiger partial charge in [-0.2, -0.15) is 0 Å². The molecular formula is C18H25N3. The van der Waals surface area contributed by atoms with E-state index >= 15 is 0 Å². The zero-order valence-electron chi connectivity index (χ0n) is 13.2. The Morgan fingerprint density at radius 1 is 1.14 bits per heavy atom. The maximum absolute atomic E-state index is 4.59. The summed E-state index contributed by atoms with van der Waals surface area (Å²) in [5, 5.41) is 3.45. The zero-order valence-corrected chi connectivity index (χ0v) is 13.2. The van der Waals surface area contributed by atoms with Gasteiger partial charge in [0.15, 0.2) is 0 Å². The molecule has 1 aromatic heterocycles. The molecule has 1 saturated heterocycles. The van der Waals surface area contributed by atoms with Gasteiger partial charge in [-0.25, -0.2) is 4.98 Å². The number of aromatic nitrogens is 2. The molecule has 1 unspecified atom stereocenters. The maximum Gasteiger partial charge on any atom is 0.110 e. The number of benzene rings is 1. The molecule has 1 aromatic carbocycles. The largest absolute Gasteiger partial charge is 0.342 e. The molecule has 2 aromatic rings. The summed E-state index contributed by atoms with van der Waals surface area (Å²) in [5.41, 5.74) is 3.90. The molecule has 0 bridgehead atoms. The van der Waals surface area contributed by atoms with Crippen molar-refractivity contribution in [3.8, 4) is 11.3 Å². The number of rotatable bonds is 2. The van der Waals surface area contributed by atoms with Gasteiger partial charge in [0.1, 0.15) is 5.82 Å². The molecule has 2 N–H and O–H groups in total. The van der Waals surface area contributed by atoms with E-state index in [-0.39, 0.29) is 5.41 Å². The Hall–Kier alpha value is -1.61. The van der Waals surface area contributed by atoms with E-state index in [0.29, 0.717) is 5.92 Å². The molecule has 3 rings (SSSR count). The van der Waals surface area contributed by atoms with Crippen LogP contribution >= 0.6 is 0 Å². The normalized spacial score (nSPS) is 19.7. The lowest BCUT2D eigenvalue weighted by Gasteiger charge is -2.20. The van der Waals surface area contributed by atoms with Gasteiger partial charge in [0.2, 0.25) is 0 Å². The molecule has 3 nitrogen and oxygen atoms in total. The number of hydrogen-bond acceptors (Lipinski definition) is 2. The number of imidazole rings is 1. The molecule has 112 valence electrons. The van der Waals surface area contributed by atoms with Crippen LogP contribution in [0.4, 0.5) is 0 Å². The van der Waals surface area contributed by atoms with E-state index in [1.807, 2.05) is 6.20 Å². The molecule has 1 atom stereocenters. The van der Waals surface area contributed by atoms with Crippen molar-refractivity contribution in [3.05, 3.63) is 41.9 Å². The Kier molecular flexibility index (Phi) is 3.85. The first-order valence-electron chi connectivity index (χ1n) is 7.90. The van der Waals surface area contributed by atoms with Crippen LogP contribution in [-0.4, -0.2) is 23.1 Å². The molecule has 2 heterocycles. The van der Waals surface area contributed by atoms with Crippen molar-refractivity contribution in [2.45, 2.75) is 44.9 Å². The smallest absolute Gasteiger partial charge is 0.110 e. The fourth-order valence-corrected chi connectivity index (χ4v) is 2.93. The highest BCUT2D eigenvalue weighted by atomic mass is 15.0. The van der Waals surface area contributed by atoms with Crippen LogP contribution in [0, 0.1) is 0 Å². The van der Waals surface area contributed by atoms with E-state index in [4.69, 9.17) is 0 Å². The van der Waals surface area contributed by atoms with Crippen molar-refractivity contribution in [1.29, 1.82) is 0 Å². The van der Waals surface area contributed by atoms with E-state index in [2.05, 4.69) is 60.3 Å². The van der Waals surface area contributed by atoms with Crippen molar-refractivity contribution in [3.63, 3.8) is 0 Å². The molecule has 1 aliphatic rings. The van der Waals surface area contributed by atoms with Crippen LogP contribution in [0.1, 0.15) is 50.9 Å². The summed E-state index contributed by atoms with van der Waals surface area (Å²) in [6.07, 6.45) is 4.43. The number of H-pyrrole nitrogens is 1. The maximum atomic E-state index is 4.59. The van der Waals surface area contributed by atoms with Gasteiger partial charge in [-0.15, -0.1) is 0 Å². The Morgan fingerprint density at radius 3 is 2.52 bits per heavy atom. The van der Waals surface area contributed by atoms with Crippen molar-refractivity contribution >= 4 is 0 Å². The molecular weight excluding hydrogens is 258 g/mol. The van der Waals surface area contributed by atoms with Crippen LogP contribution in [0.3, 0.4) is 0 Å². The monoisotopic (exact) mass is 283 g/mol. The summed E-state index contributed by atoms with van der Waals surface area (Å²) in [6.45, 7) is 8.90. The molecule has 0 amide bonds. The van der Waals surface area contributed by atoms with Crippen molar-refractivity contribution in [2.75, 3.05) is 13.1 Å². The van der Waals surface area contributed by atoms with Crippen molar-refractivity contribution in [2.24, 2.45) is 0 Å². The number of hydrogen-bond donors (Lipinski definition) is 2. The first kappa shape index (κ1) is 14.3. The zero-order chi connectivity index (χ0) is 14.9. The van der Waals surface area contributed by atoms with Crippen LogP contribution in [-0.2, 0) is 5.41 Å². The SMILES string of the molecule is CC(C)(C)c1ccc(-c2cnc(C3CCCNC3)[nH]2)cc1. The fraction of sp³-hybridized carbons (Fsp3) is 0.500. The van der Waals surface area contributed by atoms with Crippen LogP contribution < -0.4 is 5.32 Å². The van der Waals surface area contributed by atoms with Crippen LogP contribution in [0.25, 0.3) is 11.3 Å². The van der Waals surface area contributed by atoms with Gasteiger partial charge in [-0.05, 0) is 35.9 Å². The first-order chi connectivity index (χ1) is 10.0. The lowest BCUT2D eigenvalue weighted by molar-refractivity contribution is 0.449. The fourth-order valence-electron chi connectivity index (χ4n) is 2.93. The van der Waals surface area contributed by atoms with Gasteiger partial charge in [0.25, 0.3) is 0 Å². The Balaban J connectivity index is 1.79. The molecule has 0 radical (unpaired) electrons. The molecule has 0 saturated carbocycles. The Bertz CT molecular complexity index is 584. The van der Waals surface area contributed by atoms with Crippen LogP contribution in [0.2, 0.25) is 0 Å². The van der Waals surface area contributed by atoms with E-state index in [1.165, 1.54) is 24.0 Å². The predicted molar refractivity (Wildman–Crippen MR) is 87.6 cm³/mol. The van der Waals surface area contributed by atoms with E-state index in [9.17, 15) is 0 Å². The minimum atomic E-state index is 0.200. The summed E-state index contributed by atoms with van der Waals surface area (Å²) in [5.74, 6) is 1.65. The first-order valence-corrected chi connectivity index (χ1v) is 7.90. The molecule has 1 aliphatic heterocycles. The number of aromatic amines is 1. The van der Waals surface area contributed by atoms with E-state index < -0.39 is 0 Å². The van der Waals surface area contributed by atoms with Gasteiger partial charge >= 0.3 is 0 Å². The summed E-state index contributed by atoms with van der Waals surface area (Å²) in [4.78, 5) is 8.10. The highest BCUT2D eigenvalue weighted by Crippen LogP contribution is 2.27. The van der Waals surface area contributed by atoms with Gasteiger partial charge in [0.05, 0.1) is 11.9 Å². The second kappa shape index (κ2) is 5.64. The summed E-state index contributed by atoms with van der Waals surface area (Å²) < 4.78 is 0. The summed E-state index contributed by atoms with van der Waals surface area (Å²) in [7, 11) is 0. The predicted octanol–water partition coefficient (Wildman–Crippen LogP) is 3.84. The van der Waals surface area contributed by atoms with Gasteiger partial charge in [0, 0.05) is 12.5 Å². The third kappa shape index (κ3) is 3.18. The second-order valence-electron chi connectivity index (χ2n) is 7.05. The standard InChI is InChI=1S/C18H25N3/c1-18(2,3)15-8-6-13(7-9-15)16-12-20-17(21-16)14-5-4-10-19-11-14/h6-9,12,14,19H,4-5,10-11H2,1-3H3,(H,20,21). The summed E-state index contributed by atoms with van der Waals surface area (Å²) in [6, 6.07) is 8.82. The van der Waals surface area contributed by atoms with Gasteiger partial charge in [-0.3, -0.25) is 0 Å². The highest BCUT2D eigenvalue weighted by molar-refractivity contribution is 5.59. The molecule has 1 fully saturated rings. The third-order valence-electron chi connectivity index (χ3n) is 4.34. The number of piperidine rings is 1. The Morgan fingerprint density at radius 2 is 1.90 bits per heavy atom. The number of nitrogens with zero attached hydrogens (tertiary/aromatic N) is 1. The quantitative estimate of drug-likeness (QED) is 0.879. The molecule has 0 aliphatic carbocycles. The lowest BCUT2D eigenvalue weighted by Crippen LogP contribution is -2.28. The minimum Gasteiger partial charge on any atom is -0.342 e. The molecule has 3 heteroatoms. The number of nitrogens with one attached hydrogen (secondary N) is 2.